The molecule has 0 atom stereocenters. The van der Waals surface area contributed by atoms with Crippen LogP contribution in [0.4, 0.5) is 0 Å². The van der Waals surface area contributed by atoms with Crippen LogP contribution in [-0.4, -0.2) is 34.7 Å². The molecule has 0 amide bonds. The molecule has 0 aliphatic carbocycles. The summed E-state index contributed by atoms with van der Waals surface area (Å²) in [4.78, 5) is 2.21. The maximum Gasteiger partial charge on any atom is 0.169 e. The molecule has 0 spiro atoms. The molecule has 1 saturated heterocycles. The Morgan fingerprint density at radius 3 is 2.82 bits per heavy atom. The van der Waals surface area contributed by atoms with Crippen LogP contribution in [0.15, 0.2) is 24.3 Å². The number of thioether (sulfide) groups is 1. The largest absolute Gasteiger partial charge is 0.362 e. The fourth-order valence-electron chi connectivity index (χ4n) is 1.65. The average molecular weight is 287 g/mol. The summed E-state index contributed by atoms with van der Waals surface area (Å²) >= 11 is 13.1. The molecule has 0 saturated carbocycles. The van der Waals surface area contributed by atoms with E-state index in [2.05, 4.69) is 22.3 Å². The van der Waals surface area contributed by atoms with Gasteiger partial charge in [-0.3, -0.25) is 0 Å². The SMILES string of the molecule is S=C(NCCc1ccc(Cl)cc1)N1CCSC1. The molecule has 0 bridgehead atoms. The van der Waals surface area contributed by atoms with Gasteiger partial charge in [0.15, 0.2) is 5.11 Å². The molecule has 17 heavy (non-hydrogen) atoms. The van der Waals surface area contributed by atoms with Crippen LogP contribution in [0.5, 0.6) is 0 Å². The van der Waals surface area contributed by atoms with Gasteiger partial charge >= 0.3 is 0 Å². The van der Waals surface area contributed by atoms with E-state index in [1.807, 2.05) is 23.9 Å². The van der Waals surface area contributed by atoms with Crippen molar-refractivity contribution in [3.63, 3.8) is 0 Å². The number of benzene rings is 1. The predicted molar refractivity (Wildman–Crippen MR) is 79.8 cm³/mol. The Labute approximate surface area is 117 Å². The summed E-state index contributed by atoms with van der Waals surface area (Å²) in [5.41, 5.74) is 1.28. The Balaban J connectivity index is 1.72. The van der Waals surface area contributed by atoms with Crippen LogP contribution < -0.4 is 5.32 Å². The topological polar surface area (TPSA) is 15.3 Å². The van der Waals surface area contributed by atoms with Gasteiger partial charge in [0.25, 0.3) is 0 Å². The van der Waals surface area contributed by atoms with E-state index < -0.39 is 0 Å². The highest BCUT2D eigenvalue weighted by Crippen LogP contribution is 2.13. The van der Waals surface area contributed by atoms with E-state index in [4.69, 9.17) is 23.8 Å². The van der Waals surface area contributed by atoms with Crippen molar-refractivity contribution in [1.29, 1.82) is 0 Å². The minimum Gasteiger partial charge on any atom is -0.362 e. The second-order valence-corrected chi connectivity index (χ2v) is 5.81. The first kappa shape index (κ1) is 13.0. The number of hydrogen-bond donors (Lipinski definition) is 1. The van der Waals surface area contributed by atoms with Gasteiger partial charge in [0, 0.05) is 23.9 Å². The zero-order valence-electron chi connectivity index (χ0n) is 9.49. The van der Waals surface area contributed by atoms with E-state index in [0.29, 0.717) is 0 Å². The Hall–Kier alpha value is -0.450. The van der Waals surface area contributed by atoms with Crippen molar-refractivity contribution in [3.05, 3.63) is 34.9 Å². The maximum absolute atomic E-state index is 5.84. The minimum atomic E-state index is 0.784. The maximum atomic E-state index is 5.84. The van der Waals surface area contributed by atoms with E-state index in [1.54, 1.807) is 0 Å². The van der Waals surface area contributed by atoms with E-state index in [0.717, 1.165) is 35.5 Å². The Bertz CT molecular complexity index is 375. The van der Waals surface area contributed by atoms with Crippen molar-refractivity contribution < 1.29 is 0 Å². The van der Waals surface area contributed by atoms with Gasteiger partial charge in [-0.05, 0) is 36.3 Å². The van der Waals surface area contributed by atoms with E-state index in [-0.39, 0.29) is 0 Å². The van der Waals surface area contributed by atoms with Gasteiger partial charge < -0.3 is 10.2 Å². The lowest BCUT2D eigenvalue weighted by Crippen LogP contribution is -2.38. The minimum absolute atomic E-state index is 0.784. The summed E-state index contributed by atoms with van der Waals surface area (Å²) in [7, 11) is 0. The first-order valence-corrected chi connectivity index (χ1v) is 7.55. The van der Waals surface area contributed by atoms with Crippen molar-refractivity contribution in [3.8, 4) is 0 Å². The molecule has 1 aromatic carbocycles. The summed E-state index contributed by atoms with van der Waals surface area (Å²) < 4.78 is 0. The molecule has 0 radical (unpaired) electrons. The van der Waals surface area contributed by atoms with Crippen LogP contribution in [0.1, 0.15) is 5.56 Å². The van der Waals surface area contributed by atoms with Crippen molar-refractivity contribution in [2.45, 2.75) is 6.42 Å². The third-order valence-electron chi connectivity index (χ3n) is 2.64. The second kappa shape index (κ2) is 6.47. The number of hydrogen-bond acceptors (Lipinski definition) is 2. The molecule has 92 valence electrons. The monoisotopic (exact) mass is 286 g/mol. The van der Waals surface area contributed by atoms with Gasteiger partial charge in [-0.1, -0.05) is 23.7 Å². The molecule has 2 nitrogen and oxygen atoms in total. The van der Waals surface area contributed by atoms with Crippen molar-refractivity contribution >= 4 is 40.7 Å². The molecule has 1 aliphatic heterocycles. The third-order valence-corrected chi connectivity index (χ3v) is 4.26. The molecule has 1 aliphatic rings. The number of nitrogens with one attached hydrogen (secondary N) is 1. The van der Waals surface area contributed by atoms with E-state index in [9.17, 15) is 0 Å². The van der Waals surface area contributed by atoms with E-state index in [1.165, 1.54) is 11.3 Å². The highest BCUT2D eigenvalue weighted by Gasteiger charge is 2.14. The quantitative estimate of drug-likeness (QED) is 0.859. The van der Waals surface area contributed by atoms with E-state index >= 15 is 0 Å². The van der Waals surface area contributed by atoms with Crippen LogP contribution in [0.3, 0.4) is 0 Å². The van der Waals surface area contributed by atoms with Crippen LogP contribution in [-0.2, 0) is 6.42 Å². The molecule has 5 heteroatoms. The molecule has 0 aromatic heterocycles. The normalized spacial score (nSPS) is 15.0. The lowest BCUT2D eigenvalue weighted by atomic mass is 10.1. The third kappa shape index (κ3) is 4.05. The Morgan fingerprint density at radius 1 is 1.41 bits per heavy atom. The fourth-order valence-corrected chi connectivity index (χ4v) is 3.07. The number of thiocarbonyl (C=S) groups is 1. The fraction of sp³-hybridized carbons (Fsp3) is 0.417. The highest BCUT2D eigenvalue weighted by atomic mass is 35.5. The predicted octanol–water partition coefficient (Wildman–Crippen LogP) is 2.76. The Kier molecular flexibility index (Phi) is 4.95. The van der Waals surface area contributed by atoms with Gasteiger partial charge in [-0.2, -0.15) is 0 Å². The zero-order valence-corrected chi connectivity index (χ0v) is 11.9. The lowest BCUT2D eigenvalue weighted by Gasteiger charge is -2.18. The molecule has 2 rings (SSSR count). The smallest absolute Gasteiger partial charge is 0.169 e. The molecule has 1 N–H and O–H groups in total. The van der Waals surface area contributed by atoms with Crippen molar-refractivity contribution in [2.75, 3.05) is 24.7 Å². The first-order chi connectivity index (χ1) is 8.25. The first-order valence-electron chi connectivity index (χ1n) is 5.60. The molecule has 0 unspecified atom stereocenters. The van der Waals surface area contributed by atoms with Crippen LogP contribution in [0.2, 0.25) is 5.02 Å². The molecule has 1 heterocycles. The molecular formula is C12H15ClN2S2. The van der Waals surface area contributed by atoms with Crippen molar-refractivity contribution in [1.82, 2.24) is 10.2 Å². The summed E-state index contributed by atoms with van der Waals surface area (Å²) in [6.45, 7) is 1.94. The zero-order chi connectivity index (χ0) is 12.1. The van der Waals surface area contributed by atoms with Gasteiger partial charge in [-0.15, -0.1) is 11.8 Å². The van der Waals surface area contributed by atoms with Gasteiger partial charge in [0.05, 0.1) is 5.88 Å². The highest BCUT2D eigenvalue weighted by molar-refractivity contribution is 7.99. The Morgan fingerprint density at radius 2 is 2.18 bits per heavy atom. The van der Waals surface area contributed by atoms with Crippen LogP contribution >= 0.6 is 35.6 Å². The lowest BCUT2D eigenvalue weighted by molar-refractivity contribution is 0.529. The van der Waals surface area contributed by atoms with Crippen LogP contribution in [0.25, 0.3) is 0 Å². The standard InChI is InChI=1S/C12H15ClN2S2/c13-11-3-1-10(2-4-11)5-6-14-12(16)15-7-8-17-9-15/h1-4H,5-9H2,(H,14,16). The second-order valence-electron chi connectivity index (χ2n) is 3.91. The summed E-state index contributed by atoms with van der Waals surface area (Å²) in [6, 6.07) is 7.95. The molecule has 1 fully saturated rings. The average Bonchev–Trinajstić information content (AvgIpc) is 2.85. The van der Waals surface area contributed by atoms with Gasteiger partial charge in [-0.25, -0.2) is 0 Å². The van der Waals surface area contributed by atoms with Crippen LogP contribution in [0, 0.1) is 0 Å². The number of nitrogens with zero attached hydrogens (tertiary/aromatic N) is 1. The molecule has 1 aromatic rings. The van der Waals surface area contributed by atoms with Gasteiger partial charge in [0.1, 0.15) is 0 Å². The van der Waals surface area contributed by atoms with Gasteiger partial charge in [0.2, 0.25) is 0 Å². The summed E-state index contributed by atoms with van der Waals surface area (Å²) in [6.07, 6.45) is 0.971. The molecular weight excluding hydrogens is 272 g/mol. The number of rotatable bonds is 3. The summed E-state index contributed by atoms with van der Waals surface area (Å²) in [5.74, 6) is 2.20. The van der Waals surface area contributed by atoms with Crippen molar-refractivity contribution in [2.24, 2.45) is 0 Å². The summed E-state index contributed by atoms with van der Waals surface area (Å²) in [5, 5.41) is 4.96. The number of halogens is 1.